The van der Waals surface area contributed by atoms with Crippen molar-refractivity contribution in [3.05, 3.63) is 117 Å². The van der Waals surface area contributed by atoms with Crippen molar-refractivity contribution >= 4 is 44.6 Å². The lowest BCUT2D eigenvalue weighted by molar-refractivity contribution is 0.124. The van der Waals surface area contributed by atoms with Gasteiger partial charge in [-0.15, -0.1) is 0 Å². The molecular weight excluding hydrogens is 528 g/mol. The molecule has 1 unspecified atom stereocenters. The number of hydrogen-bond donors (Lipinski definition) is 3. The smallest absolute Gasteiger partial charge is 0.142 e. The van der Waals surface area contributed by atoms with Crippen molar-refractivity contribution in [2.45, 2.75) is 12.2 Å². The van der Waals surface area contributed by atoms with E-state index in [1.54, 1.807) is 67.0 Å². The van der Waals surface area contributed by atoms with Gasteiger partial charge in [-0.3, -0.25) is 4.99 Å². The summed E-state index contributed by atoms with van der Waals surface area (Å²) in [5.41, 5.74) is 3.45. The first kappa shape index (κ1) is 23.5. The minimum absolute atomic E-state index is 0.132. The molecule has 5 nitrogen and oxygen atoms in total. The highest BCUT2D eigenvalue weighted by molar-refractivity contribution is 9.10. The van der Waals surface area contributed by atoms with Gasteiger partial charge < -0.3 is 15.3 Å². The van der Waals surface area contributed by atoms with E-state index in [-0.39, 0.29) is 12.4 Å². The van der Waals surface area contributed by atoms with E-state index < -0.39 is 5.60 Å². The molecule has 0 saturated heterocycles. The van der Waals surface area contributed by atoms with E-state index in [0.717, 1.165) is 21.0 Å². The molecular formula is C28H20BrClN2O3. The second kappa shape index (κ2) is 9.06. The van der Waals surface area contributed by atoms with Crippen LogP contribution in [0.4, 0.5) is 0 Å². The van der Waals surface area contributed by atoms with Crippen LogP contribution in [0, 0.1) is 0 Å². The second-order valence-electron chi connectivity index (χ2n) is 8.30. The molecule has 1 aromatic heterocycles. The highest BCUT2D eigenvalue weighted by Crippen LogP contribution is 2.43. The average Bonchev–Trinajstić information content (AvgIpc) is 3.29. The lowest BCUT2D eigenvalue weighted by atomic mass is 9.77. The quantitative estimate of drug-likeness (QED) is 0.257. The molecule has 1 aliphatic heterocycles. The fourth-order valence-corrected chi connectivity index (χ4v) is 4.98. The molecule has 1 aliphatic rings. The summed E-state index contributed by atoms with van der Waals surface area (Å²) < 4.78 is 0.741. The third-order valence-electron chi connectivity index (χ3n) is 6.16. The Bertz CT molecular complexity index is 1560. The van der Waals surface area contributed by atoms with Gasteiger partial charge in [0.2, 0.25) is 0 Å². The maximum absolute atomic E-state index is 12.4. The molecule has 5 rings (SSSR count). The first-order chi connectivity index (χ1) is 16.8. The van der Waals surface area contributed by atoms with Crippen LogP contribution in [0.3, 0.4) is 0 Å². The van der Waals surface area contributed by atoms with Crippen LogP contribution in [0.5, 0.6) is 5.75 Å². The molecule has 0 bridgehead atoms. The number of phenolic OH excluding ortho intramolecular Hbond substituents is 1. The first-order valence-corrected chi connectivity index (χ1v) is 11.9. The normalized spacial score (nSPS) is 14.9. The number of aromatic nitrogens is 1. The minimum atomic E-state index is -1.61. The first-order valence-electron chi connectivity index (χ1n) is 10.8. The molecule has 0 radical (unpaired) electrons. The van der Waals surface area contributed by atoms with Crippen LogP contribution in [-0.2, 0) is 12.2 Å². The van der Waals surface area contributed by atoms with Crippen molar-refractivity contribution in [1.29, 1.82) is 0 Å². The van der Waals surface area contributed by atoms with E-state index in [9.17, 15) is 15.3 Å². The molecule has 0 saturated carbocycles. The number of hydrogen-bond acceptors (Lipinski definition) is 5. The molecule has 35 heavy (non-hydrogen) atoms. The van der Waals surface area contributed by atoms with E-state index in [0.29, 0.717) is 38.5 Å². The number of benzene rings is 3. The van der Waals surface area contributed by atoms with Crippen LogP contribution in [-0.4, -0.2) is 26.5 Å². The minimum Gasteiger partial charge on any atom is -0.508 e. The summed E-state index contributed by atoms with van der Waals surface area (Å²) in [6.45, 7) is 3.88. The van der Waals surface area contributed by atoms with Gasteiger partial charge in [0.05, 0.1) is 12.1 Å². The third kappa shape index (κ3) is 4.09. The zero-order valence-electron chi connectivity index (χ0n) is 18.4. The predicted molar refractivity (Wildman–Crippen MR) is 143 cm³/mol. The number of aliphatic imine (C=N–C) groups is 1. The van der Waals surface area contributed by atoms with Gasteiger partial charge in [0.1, 0.15) is 16.5 Å². The number of halogens is 2. The number of fused-ring (bicyclic) bond motifs is 1. The Balaban J connectivity index is 1.79. The maximum Gasteiger partial charge on any atom is 0.142 e. The van der Waals surface area contributed by atoms with Crippen molar-refractivity contribution in [2.75, 3.05) is 0 Å². The van der Waals surface area contributed by atoms with E-state index in [2.05, 4.69) is 32.5 Å². The molecule has 2 heterocycles. The van der Waals surface area contributed by atoms with Crippen LogP contribution in [0.2, 0.25) is 5.15 Å². The fourth-order valence-electron chi connectivity index (χ4n) is 4.41. The SMILES string of the molecule is C=C1C=NC=C1C(O)(c1ccc(Br)c(CO)c1)c1ccc2nc(Cl)cc(-c3cccc(O)c3)c2c1. The molecule has 4 aromatic rings. The van der Waals surface area contributed by atoms with Gasteiger partial charge in [0, 0.05) is 27.8 Å². The summed E-state index contributed by atoms with van der Waals surface area (Å²) in [6, 6.07) is 19.5. The molecule has 0 aliphatic carbocycles. The molecule has 0 spiro atoms. The van der Waals surface area contributed by atoms with E-state index in [1.807, 2.05) is 12.1 Å². The van der Waals surface area contributed by atoms with Crippen LogP contribution < -0.4 is 0 Å². The summed E-state index contributed by atoms with van der Waals surface area (Å²) in [5, 5.41) is 33.3. The van der Waals surface area contributed by atoms with Crippen molar-refractivity contribution in [1.82, 2.24) is 4.98 Å². The molecule has 3 N–H and O–H groups in total. The second-order valence-corrected chi connectivity index (χ2v) is 9.54. The Kier molecular flexibility index (Phi) is 6.07. The summed E-state index contributed by atoms with van der Waals surface area (Å²) in [6.07, 6.45) is 3.20. The number of aliphatic hydroxyl groups is 2. The van der Waals surface area contributed by atoms with Crippen LogP contribution in [0.25, 0.3) is 22.0 Å². The van der Waals surface area contributed by atoms with Crippen LogP contribution in [0.1, 0.15) is 16.7 Å². The zero-order valence-corrected chi connectivity index (χ0v) is 20.8. The Morgan fingerprint density at radius 3 is 2.49 bits per heavy atom. The number of aliphatic hydroxyl groups excluding tert-OH is 1. The van der Waals surface area contributed by atoms with E-state index in [4.69, 9.17) is 11.6 Å². The molecule has 0 amide bonds. The van der Waals surface area contributed by atoms with Gasteiger partial charge in [0.15, 0.2) is 0 Å². The number of phenols is 1. The van der Waals surface area contributed by atoms with Gasteiger partial charge >= 0.3 is 0 Å². The topological polar surface area (TPSA) is 85.9 Å². The van der Waals surface area contributed by atoms with E-state index in [1.165, 1.54) is 0 Å². The van der Waals surface area contributed by atoms with Gasteiger partial charge in [-0.05, 0) is 75.9 Å². The fraction of sp³-hybridized carbons (Fsp3) is 0.0714. The Morgan fingerprint density at radius 1 is 1.00 bits per heavy atom. The third-order valence-corrected chi connectivity index (χ3v) is 7.12. The van der Waals surface area contributed by atoms with Crippen LogP contribution in [0.15, 0.2) is 100 Å². The number of nitrogens with zero attached hydrogens (tertiary/aromatic N) is 2. The van der Waals surface area contributed by atoms with Gasteiger partial charge in [-0.25, -0.2) is 4.98 Å². The van der Waals surface area contributed by atoms with Crippen molar-refractivity contribution < 1.29 is 15.3 Å². The predicted octanol–water partition coefficient (Wildman–Crippen LogP) is 6.28. The highest BCUT2D eigenvalue weighted by atomic mass is 79.9. The van der Waals surface area contributed by atoms with Crippen molar-refractivity contribution in [3.8, 4) is 16.9 Å². The molecule has 0 fully saturated rings. The molecule has 7 heteroatoms. The van der Waals surface area contributed by atoms with Crippen LogP contribution >= 0.6 is 27.5 Å². The Morgan fingerprint density at radius 2 is 1.77 bits per heavy atom. The summed E-state index contributed by atoms with van der Waals surface area (Å²) in [7, 11) is 0. The lowest BCUT2D eigenvalue weighted by Gasteiger charge is -2.32. The lowest BCUT2D eigenvalue weighted by Crippen LogP contribution is -2.30. The number of rotatable bonds is 5. The molecule has 174 valence electrons. The van der Waals surface area contributed by atoms with Gasteiger partial charge in [-0.2, -0.15) is 0 Å². The maximum atomic E-state index is 12.4. The van der Waals surface area contributed by atoms with Crippen molar-refractivity contribution in [3.63, 3.8) is 0 Å². The number of pyridine rings is 1. The number of aromatic hydroxyl groups is 1. The van der Waals surface area contributed by atoms with Crippen molar-refractivity contribution in [2.24, 2.45) is 4.99 Å². The monoisotopic (exact) mass is 546 g/mol. The van der Waals surface area contributed by atoms with Gasteiger partial charge in [-0.1, -0.05) is 58.4 Å². The summed E-state index contributed by atoms with van der Waals surface area (Å²) >= 11 is 9.77. The summed E-state index contributed by atoms with van der Waals surface area (Å²) in [4.78, 5) is 8.67. The van der Waals surface area contributed by atoms with Gasteiger partial charge in [0.25, 0.3) is 0 Å². The molecule has 1 atom stereocenters. The molecule has 3 aromatic carbocycles. The Hall–Kier alpha value is -3.29. The average molecular weight is 548 g/mol. The summed E-state index contributed by atoms with van der Waals surface area (Å²) in [5.74, 6) is 0.132. The highest BCUT2D eigenvalue weighted by Gasteiger charge is 2.39. The Labute approximate surface area is 215 Å². The zero-order chi connectivity index (χ0) is 24.7. The van der Waals surface area contributed by atoms with E-state index >= 15 is 0 Å². The largest absolute Gasteiger partial charge is 0.508 e. The standard InChI is InChI=1S/C28H20BrClN2O3/c1-16-13-31-14-24(16)28(35,19-5-7-25(29)18(9-19)15-33)20-6-8-26-23(11-20)22(12-27(30)32-26)17-3-2-4-21(34)10-17/h2-14,33-35H,1,15H2.